The van der Waals surface area contributed by atoms with E-state index < -0.39 is 11.1 Å². The van der Waals surface area contributed by atoms with Crippen LogP contribution in [0.1, 0.15) is 52.7 Å². The van der Waals surface area contributed by atoms with Gasteiger partial charge in [-0.25, -0.2) is 9.48 Å². The summed E-state index contributed by atoms with van der Waals surface area (Å²) in [5.41, 5.74) is -0.750. The molecule has 0 atom stereocenters. The van der Waals surface area contributed by atoms with E-state index in [1.165, 1.54) is 24.6 Å². The number of halogens is 1. The van der Waals surface area contributed by atoms with Crippen molar-refractivity contribution in [3.05, 3.63) is 38.7 Å². The van der Waals surface area contributed by atoms with Gasteiger partial charge in [-0.3, -0.25) is 0 Å². The second kappa shape index (κ2) is 6.16. The smallest absolute Gasteiger partial charge is 0.186 e. The molecule has 6 heteroatoms. The zero-order valence-corrected chi connectivity index (χ0v) is 14.6. The van der Waals surface area contributed by atoms with E-state index in [1.54, 1.807) is 41.5 Å². The van der Waals surface area contributed by atoms with E-state index in [2.05, 4.69) is 0 Å². The predicted octanol–water partition coefficient (Wildman–Crippen LogP) is 3.50. The van der Waals surface area contributed by atoms with E-state index >= 15 is 0 Å². The Morgan fingerprint density at radius 3 is 1.50 bits per heavy atom. The number of hydrogen-bond donors (Lipinski definition) is 1. The van der Waals surface area contributed by atoms with Crippen LogP contribution >= 0.6 is 11.6 Å². The molecule has 0 spiro atoms. The van der Waals surface area contributed by atoms with Gasteiger partial charge in [0, 0.05) is 46.6 Å². The van der Waals surface area contributed by atoms with Gasteiger partial charge in [0.05, 0.1) is 11.1 Å². The molecule has 1 aromatic rings. The van der Waals surface area contributed by atoms with Crippen molar-refractivity contribution in [1.82, 2.24) is 0 Å². The maximum atomic E-state index is 12.0. The fourth-order valence-corrected chi connectivity index (χ4v) is 1.71. The molecule has 122 valence electrons. The van der Waals surface area contributed by atoms with Gasteiger partial charge in [0.25, 0.3) is 0 Å². The largest absolute Gasteiger partial charge is 0.623 e. The minimum Gasteiger partial charge on any atom is -0.623 e. The third kappa shape index (κ3) is 4.63. The monoisotopic (exact) mass is 326 g/mol. The van der Waals surface area contributed by atoms with Gasteiger partial charge in [-0.2, -0.15) is 0 Å². The lowest BCUT2D eigenvalue weighted by Gasteiger charge is -2.20. The Hall–Kier alpha value is -1.75. The van der Waals surface area contributed by atoms with Crippen molar-refractivity contribution < 1.29 is 14.6 Å². The molecular weight excluding hydrogens is 304 g/mol. The molecule has 1 rings (SSSR count). The van der Waals surface area contributed by atoms with Crippen LogP contribution in [-0.4, -0.2) is 38.1 Å². The first kappa shape index (κ1) is 18.3. The van der Waals surface area contributed by atoms with Crippen molar-refractivity contribution in [3.8, 4) is 5.75 Å². The van der Waals surface area contributed by atoms with E-state index in [-0.39, 0.29) is 16.9 Å². The molecule has 0 unspecified atom stereocenters. The van der Waals surface area contributed by atoms with Crippen LogP contribution in [0.5, 0.6) is 5.75 Å². The molecule has 0 saturated carbocycles. The number of rotatable bonds is 2. The average Bonchev–Trinajstić information content (AvgIpc) is 2.32. The molecule has 0 radical (unpaired) electrons. The lowest BCUT2D eigenvalue weighted by atomic mass is 10.1. The Balaban J connectivity index is 3.43. The Kier molecular flexibility index (Phi) is 5.13. The first-order valence-corrected chi connectivity index (χ1v) is 7.35. The van der Waals surface area contributed by atoms with Crippen molar-refractivity contribution in [3.63, 3.8) is 0 Å². The molecule has 0 saturated heterocycles. The van der Waals surface area contributed by atoms with Crippen LogP contribution in [0.2, 0.25) is 5.02 Å². The van der Waals surface area contributed by atoms with Gasteiger partial charge in [0.2, 0.25) is 0 Å². The molecule has 1 aromatic carbocycles. The van der Waals surface area contributed by atoms with E-state index in [0.29, 0.717) is 5.02 Å². The van der Waals surface area contributed by atoms with Gasteiger partial charge in [-0.05, 0) is 12.1 Å². The maximum Gasteiger partial charge on any atom is 0.186 e. The van der Waals surface area contributed by atoms with E-state index in [9.17, 15) is 15.5 Å². The van der Waals surface area contributed by atoms with E-state index in [1.807, 2.05) is 0 Å². The molecule has 5 nitrogen and oxygen atoms in total. The van der Waals surface area contributed by atoms with Crippen LogP contribution in [-0.2, 0) is 0 Å². The number of hydrogen-bond acceptors (Lipinski definition) is 3. The van der Waals surface area contributed by atoms with Crippen molar-refractivity contribution >= 4 is 24.0 Å². The first-order chi connectivity index (χ1) is 9.82. The molecule has 0 aromatic heterocycles. The molecule has 0 heterocycles. The molecule has 0 aliphatic rings. The molecule has 0 fully saturated rings. The number of phenolic OH excluding ortho intramolecular Hbond substituents is 1. The summed E-state index contributed by atoms with van der Waals surface area (Å²) in [7, 11) is 0. The second-order valence-corrected chi connectivity index (χ2v) is 7.62. The highest BCUT2D eigenvalue weighted by atomic mass is 35.5. The minimum absolute atomic E-state index is 0.153. The Bertz CT molecular complexity index is 572. The summed E-state index contributed by atoms with van der Waals surface area (Å²) in [4.78, 5) is 0. The summed E-state index contributed by atoms with van der Waals surface area (Å²) in [6.45, 7) is 10.5. The number of nitrogens with zero attached hydrogens (tertiary/aromatic N) is 2. The number of benzene rings is 1. The number of phenols is 1. The van der Waals surface area contributed by atoms with Crippen molar-refractivity contribution in [2.45, 2.75) is 52.6 Å². The summed E-state index contributed by atoms with van der Waals surface area (Å²) in [5.74, 6) is -0.153. The molecule has 0 aliphatic heterocycles. The zero-order chi connectivity index (χ0) is 17.3. The molecule has 0 bridgehead atoms. The SMILES string of the molecule is CC(C)(C)[N+]([O-])=Cc1cc(Cl)cc(C=[N+]([O-])C(C)(C)C)c1O. The van der Waals surface area contributed by atoms with Gasteiger partial charge in [-0.15, -0.1) is 0 Å². The molecule has 22 heavy (non-hydrogen) atoms. The Morgan fingerprint density at radius 1 is 0.909 bits per heavy atom. The highest BCUT2D eigenvalue weighted by molar-refractivity contribution is 6.31. The lowest BCUT2D eigenvalue weighted by molar-refractivity contribution is -0.530. The Labute approximate surface area is 136 Å². The van der Waals surface area contributed by atoms with E-state index in [4.69, 9.17) is 11.6 Å². The van der Waals surface area contributed by atoms with Crippen molar-refractivity contribution in [2.24, 2.45) is 0 Å². The summed E-state index contributed by atoms with van der Waals surface area (Å²) in [6.07, 6.45) is 2.54. The maximum absolute atomic E-state index is 12.0. The molecule has 0 amide bonds. The topological polar surface area (TPSA) is 72.4 Å². The van der Waals surface area contributed by atoms with Gasteiger partial charge in [0.1, 0.15) is 5.75 Å². The molecule has 1 N–H and O–H groups in total. The van der Waals surface area contributed by atoms with Crippen LogP contribution in [0.25, 0.3) is 0 Å². The van der Waals surface area contributed by atoms with Crippen LogP contribution < -0.4 is 0 Å². The molecule has 0 aliphatic carbocycles. The quantitative estimate of drug-likeness (QED) is 0.391. The fraction of sp³-hybridized carbons (Fsp3) is 0.500. The highest BCUT2D eigenvalue weighted by Crippen LogP contribution is 2.25. The van der Waals surface area contributed by atoms with E-state index in [0.717, 1.165) is 9.48 Å². The summed E-state index contributed by atoms with van der Waals surface area (Å²) < 4.78 is 1.47. The minimum atomic E-state index is -0.644. The standard InChI is InChI=1S/C16H23ClN2O3/c1-15(2,3)18(21)9-11-7-13(17)8-12(14(11)20)10-19(22)16(4,5)6/h7-10,20H,1-6H3. The van der Waals surface area contributed by atoms with Gasteiger partial charge >= 0.3 is 0 Å². The fourth-order valence-electron chi connectivity index (χ4n) is 1.48. The van der Waals surface area contributed by atoms with Crippen LogP contribution in [0, 0.1) is 10.4 Å². The van der Waals surface area contributed by atoms with Gasteiger partial charge < -0.3 is 15.5 Å². The third-order valence-electron chi connectivity index (χ3n) is 2.97. The zero-order valence-electron chi connectivity index (χ0n) is 13.8. The Morgan fingerprint density at radius 2 is 1.23 bits per heavy atom. The normalized spacial score (nSPS) is 14.3. The summed E-state index contributed by atoms with van der Waals surface area (Å²) in [5, 5.41) is 34.7. The number of hydroxylamine groups is 2. The van der Waals surface area contributed by atoms with Crippen molar-refractivity contribution in [1.29, 1.82) is 0 Å². The van der Waals surface area contributed by atoms with Crippen LogP contribution in [0.4, 0.5) is 0 Å². The molecular formula is C16H23ClN2O3. The van der Waals surface area contributed by atoms with Crippen LogP contribution in [0.15, 0.2) is 12.1 Å². The third-order valence-corrected chi connectivity index (χ3v) is 3.19. The predicted molar refractivity (Wildman–Crippen MR) is 90.2 cm³/mol. The highest BCUT2D eigenvalue weighted by Gasteiger charge is 2.22. The summed E-state index contributed by atoms with van der Waals surface area (Å²) >= 11 is 6.03. The summed E-state index contributed by atoms with van der Waals surface area (Å²) in [6, 6.07) is 2.97. The van der Waals surface area contributed by atoms with Crippen molar-refractivity contribution in [2.75, 3.05) is 0 Å². The lowest BCUT2D eigenvalue weighted by Crippen LogP contribution is -2.30. The average molecular weight is 327 g/mol. The second-order valence-electron chi connectivity index (χ2n) is 7.18. The first-order valence-electron chi connectivity index (χ1n) is 6.97. The van der Waals surface area contributed by atoms with Gasteiger partial charge in [0.15, 0.2) is 23.5 Å². The number of aromatic hydroxyl groups is 1. The van der Waals surface area contributed by atoms with Gasteiger partial charge in [-0.1, -0.05) is 11.6 Å². The van der Waals surface area contributed by atoms with Crippen LogP contribution in [0.3, 0.4) is 0 Å².